The first-order chi connectivity index (χ1) is 11.5. The maximum absolute atomic E-state index is 13.7. The van der Waals surface area contributed by atoms with E-state index >= 15 is 0 Å². The molecule has 0 aliphatic carbocycles. The highest BCUT2D eigenvalue weighted by Crippen LogP contribution is 2.46. The molecule has 1 N–H and O–H groups in total. The zero-order chi connectivity index (χ0) is 16.9. The fraction of sp³-hybridized carbons (Fsp3) is 0.125. The molecule has 4 rings (SSSR count). The Morgan fingerprint density at radius 3 is 2.83 bits per heavy atom. The first kappa shape index (κ1) is 14.8. The molecule has 122 valence electrons. The fourth-order valence-electron chi connectivity index (χ4n) is 3.01. The van der Waals surface area contributed by atoms with Crippen molar-refractivity contribution in [2.75, 3.05) is 4.31 Å². The van der Waals surface area contributed by atoms with Gasteiger partial charge in [0.2, 0.25) is 0 Å². The molecule has 0 unspecified atom stereocenters. The van der Waals surface area contributed by atoms with Crippen molar-refractivity contribution in [2.45, 2.75) is 17.9 Å². The van der Waals surface area contributed by atoms with Crippen molar-refractivity contribution < 1.29 is 12.8 Å². The van der Waals surface area contributed by atoms with E-state index in [0.717, 1.165) is 0 Å². The predicted octanol–water partition coefficient (Wildman–Crippen LogP) is 2.88. The SMILES string of the molecule is C[C@H]1c2cn[nH]c2-c2cc(F)ccc2N1S(=O)(=O)c1cccnc1. The second kappa shape index (κ2) is 5.13. The summed E-state index contributed by atoms with van der Waals surface area (Å²) in [6.07, 6.45) is 4.38. The van der Waals surface area contributed by atoms with Gasteiger partial charge in [0.25, 0.3) is 10.0 Å². The van der Waals surface area contributed by atoms with Gasteiger partial charge in [0, 0.05) is 23.5 Å². The number of nitrogens with one attached hydrogen (secondary N) is 1. The lowest BCUT2D eigenvalue weighted by molar-refractivity contribution is 0.581. The van der Waals surface area contributed by atoms with Crippen LogP contribution >= 0.6 is 0 Å². The summed E-state index contributed by atoms with van der Waals surface area (Å²) in [6.45, 7) is 1.77. The lowest BCUT2D eigenvalue weighted by atomic mass is 9.97. The molecule has 24 heavy (non-hydrogen) atoms. The maximum atomic E-state index is 13.7. The number of hydrogen-bond donors (Lipinski definition) is 1. The molecule has 1 aliphatic rings. The Kier molecular flexibility index (Phi) is 3.17. The van der Waals surface area contributed by atoms with Gasteiger partial charge in [0.15, 0.2) is 0 Å². The van der Waals surface area contributed by atoms with Gasteiger partial charge < -0.3 is 0 Å². The number of sulfonamides is 1. The highest BCUT2D eigenvalue weighted by Gasteiger charge is 2.38. The molecule has 1 aromatic carbocycles. The molecule has 3 aromatic rings. The number of H-pyrrole nitrogens is 1. The maximum Gasteiger partial charge on any atom is 0.266 e. The Bertz CT molecular complexity index is 1020. The molecule has 0 fully saturated rings. The molecule has 1 aliphatic heterocycles. The number of pyridine rings is 1. The van der Waals surface area contributed by atoms with Crippen molar-refractivity contribution in [3.8, 4) is 11.3 Å². The normalized spacial score (nSPS) is 16.6. The Morgan fingerprint density at radius 1 is 1.25 bits per heavy atom. The second-order valence-corrected chi connectivity index (χ2v) is 7.34. The van der Waals surface area contributed by atoms with Crippen molar-refractivity contribution in [2.24, 2.45) is 0 Å². The van der Waals surface area contributed by atoms with Gasteiger partial charge in [-0.05, 0) is 37.3 Å². The van der Waals surface area contributed by atoms with Gasteiger partial charge >= 0.3 is 0 Å². The Labute approximate surface area is 138 Å². The summed E-state index contributed by atoms with van der Waals surface area (Å²) >= 11 is 0. The van der Waals surface area contributed by atoms with E-state index in [-0.39, 0.29) is 4.90 Å². The summed E-state index contributed by atoms with van der Waals surface area (Å²) in [5.41, 5.74) is 2.20. The number of benzene rings is 1. The van der Waals surface area contributed by atoms with Crippen LogP contribution in [0.2, 0.25) is 0 Å². The Balaban J connectivity index is 1.98. The molecule has 0 bridgehead atoms. The van der Waals surface area contributed by atoms with E-state index < -0.39 is 21.9 Å². The molecule has 2 aromatic heterocycles. The monoisotopic (exact) mass is 344 g/mol. The number of halogens is 1. The number of rotatable bonds is 2. The summed E-state index contributed by atoms with van der Waals surface area (Å²) < 4.78 is 41.3. The minimum Gasteiger partial charge on any atom is -0.277 e. The fourth-order valence-corrected chi connectivity index (χ4v) is 4.63. The first-order valence-electron chi connectivity index (χ1n) is 7.28. The molecule has 0 amide bonds. The Hall–Kier alpha value is -2.74. The van der Waals surface area contributed by atoms with E-state index in [1.165, 1.54) is 41.0 Å². The quantitative estimate of drug-likeness (QED) is 0.775. The minimum atomic E-state index is -3.85. The van der Waals surface area contributed by atoms with E-state index in [9.17, 15) is 12.8 Å². The topological polar surface area (TPSA) is 79.0 Å². The smallest absolute Gasteiger partial charge is 0.266 e. The van der Waals surface area contributed by atoms with Gasteiger partial charge in [-0.2, -0.15) is 5.10 Å². The van der Waals surface area contributed by atoms with Crippen LogP contribution in [0.1, 0.15) is 18.5 Å². The van der Waals surface area contributed by atoms with E-state index in [0.29, 0.717) is 22.5 Å². The van der Waals surface area contributed by atoms with Gasteiger partial charge in [0.05, 0.1) is 23.6 Å². The molecule has 0 radical (unpaired) electrons. The number of aromatic nitrogens is 3. The third-order valence-electron chi connectivity index (χ3n) is 4.13. The van der Waals surface area contributed by atoms with Crippen molar-refractivity contribution in [3.63, 3.8) is 0 Å². The zero-order valence-corrected chi connectivity index (χ0v) is 13.5. The first-order valence-corrected chi connectivity index (χ1v) is 8.72. The average molecular weight is 344 g/mol. The molecule has 0 spiro atoms. The summed E-state index contributed by atoms with van der Waals surface area (Å²) in [5, 5.41) is 6.82. The number of nitrogens with zero attached hydrogens (tertiary/aromatic N) is 3. The predicted molar refractivity (Wildman–Crippen MR) is 86.3 cm³/mol. The molecule has 0 saturated heterocycles. The summed E-state index contributed by atoms with van der Waals surface area (Å²) in [4.78, 5) is 3.97. The van der Waals surface area contributed by atoms with E-state index in [2.05, 4.69) is 15.2 Å². The van der Waals surface area contributed by atoms with Gasteiger partial charge in [-0.25, -0.2) is 12.8 Å². The molecule has 1 atom stereocenters. The third kappa shape index (κ3) is 2.03. The lowest BCUT2D eigenvalue weighted by Crippen LogP contribution is -2.36. The average Bonchev–Trinajstić information content (AvgIpc) is 3.07. The van der Waals surface area contributed by atoms with Crippen molar-refractivity contribution in [1.29, 1.82) is 0 Å². The van der Waals surface area contributed by atoms with Crippen LogP contribution in [0.4, 0.5) is 10.1 Å². The van der Waals surface area contributed by atoms with Gasteiger partial charge in [-0.15, -0.1) is 0 Å². The lowest BCUT2D eigenvalue weighted by Gasteiger charge is -2.35. The Morgan fingerprint density at radius 2 is 2.08 bits per heavy atom. The summed E-state index contributed by atoms with van der Waals surface area (Å²) in [6, 6.07) is 6.60. The highest BCUT2D eigenvalue weighted by atomic mass is 32.2. The molecular weight excluding hydrogens is 331 g/mol. The van der Waals surface area contributed by atoms with E-state index in [1.54, 1.807) is 19.2 Å². The molecule has 8 heteroatoms. The molecular formula is C16H13FN4O2S. The molecule has 3 heterocycles. The van der Waals surface area contributed by atoms with Crippen LogP contribution in [0.3, 0.4) is 0 Å². The van der Waals surface area contributed by atoms with Gasteiger partial charge in [-0.1, -0.05) is 0 Å². The minimum absolute atomic E-state index is 0.0825. The second-order valence-electron chi connectivity index (χ2n) is 5.53. The van der Waals surface area contributed by atoms with Crippen LogP contribution in [-0.4, -0.2) is 23.6 Å². The summed E-state index contributed by atoms with van der Waals surface area (Å²) in [5.74, 6) is -0.442. The van der Waals surface area contributed by atoms with Crippen LogP contribution in [-0.2, 0) is 10.0 Å². The van der Waals surface area contributed by atoms with E-state index in [1.807, 2.05) is 0 Å². The van der Waals surface area contributed by atoms with E-state index in [4.69, 9.17) is 0 Å². The number of aromatic amines is 1. The molecule has 6 nitrogen and oxygen atoms in total. The van der Waals surface area contributed by atoms with Crippen molar-refractivity contribution in [1.82, 2.24) is 15.2 Å². The van der Waals surface area contributed by atoms with Crippen molar-refractivity contribution in [3.05, 3.63) is 60.3 Å². The third-order valence-corrected chi connectivity index (χ3v) is 6.00. The van der Waals surface area contributed by atoms with Crippen LogP contribution in [0, 0.1) is 5.82 Å². The highest BCUT2D eigenvalue weighted by molar-refractivity contribution is 7.92. The van der Waals surface area contributed by atoms with Gasteiger partial charge in [-0.3, -0.25) is 14.4 Å². The van der Waals surface area contributed by atoms with Crippen LogP contribution in [0.25, 0.3) is 11.3 Å². The summed E-state index contributed by atoms with van der Waals surface area (Å²) in [7, 11) is -3.85. The zero-order valence-electron chi connectivity index (χ0n) is 12.6. The van der Waals surface area contributed by atoms with Crippen LogP contribution < -0.4 is 4.31 Å². The van der Waals surface area contributed by atoms with Crippen LogP contribution in [0.5, 0.6) is 0 Å². The van der Waals surface area contributed by atoms with Crippen molar-refractivity contribution >= 4 is 15.7 Å². The largest absolute Gasteiger partial charge is 0.277 e. The number of anilines is 1. The number of fused-ring (bicyclic) bond motifs is 3. The standard InChI is InChI=1S/C16H13FN4O2S/c1-10-14-9-19-20-16(14)13-7-11(17)4-5-15(13)21(10)24(22,23)12-3-2-6-18-8-12/h2-10H,1H3,(H,19,20)/t10-/m0/s1. The van der Waals surface area contributed by atoms with Gasteiger partial charge in [0.1, 0.15) is 10.7 Å². The number of hydrogen-bond acceptors (Lipinski definition) is 4. The van der Waals surface area contributed by atoms with Crippen LogP contribution in [0.15, 0.2) is 53.8 Å². The molecule has 0 saturated carbocycles.